The zero-order valence-corrected chi connectivity index (χ0v) is 12.1. The van der Waals surface area contributed by atoms with E-state index in [9.17, 15) is 18.0 Å². The topological polar surface area (TPSA) is 63.9 Å². The highest BCUT2D eigenvalue weighted by molar-refractivity contribution is 5.94. The van der Waals surface area contributed by atoms with Crippen LogP contribution in [0.4, 0.5) is 13.2 Å². The predicted octanol–water partition coefficient (Wildman–Crippen LogP) is 2.08. The van der Waals surface area contributed by atoms with Crippen LogP contribution in [0.5, 0.6) is 0 Å². The smallest absolute Gasteiger partial charge is 0.338 e. The van der Waals surface area contributed by atoms with Crippen molar-refractivity contribution < 1.29 is 18.0 Å². The normalized spacial score (nSPS) is 18.9. The Morgan fingerprint density at radius 3 is 2.57 bits per heavy atom. The molecule has 3 rings (SSSR count). The second-order valence-electron chi connectivity index (χ2n) is 5.43. The molecular weight excluding hydrogens is 311 g/mol. The van der Waals surface area contributed by atoms with E-state index >= 15 is 0 Å². The first kappa shape index (κ1) is 15.4. The number of piperidine rings is 1. The van der Waals surface area contributed by atoms with Gasteiger partial charge in [0.1, 0.15) is 6.33 Å². The third-order valence-corrected chi connectivity index (χ3v) is 3.90. The molecule has 1 aliphatic heterocycles. The van der Waals surface area contributed by atoms with E-state index in [4.69, 9.17) is 0 Å². The summed E-state index contributed by atoms with van der Waals surface area (Å²) in [5, 5.41) is 10.7. The quantitative estimate of drug-likeness (QED) is 0.848. The van der Waals surface area contributed by atoms with Crippen LogP contribution in [-0.2, 0) is 0 Å². The highest BCUT2D eigenvalue weighted by Crippen LogP contribution is 2.33. The number of likely N-dealkylation sites (tertiary alicyclic amines) is 1. The average Bonchev–Trinajstić information content (AvgIpc) is 3.08. The largest absolute Gasteiger partial charge is 0.393 e. The summed E-state index contributed by atoms with van der Waals surface area (Å²) in [5.41, 5.74) is 1.02. The van der Waals surface area contributed by atoms with Crippen LogP contribution in [0.3, 0.4) is 0 Å². The summed E-state index contributed by atoms with van der Waals surface area (Å²) in [6, 6.07) is 6.43. The van der Waals surface area contributed by atoms with E-state index in [0.717, 1.165) is 0 Å². The van der Waals surface area contributed by atoms with E-state index in [2.05, 4.69) is 15.5 Å². The summed E-state index contributed by atoms with van der Waals surface area (Å²) in [5.74, 6) is -1.83. The number of carbonyl (C=O) groups excluding carboxylic acids is 1. The standard InChI is InChI=1S/C14H14F3N5O/c15-14(16,17)11-2-1-7-21(8-11)13(23)10-3-5-12(6-4-10)22-9-18-19-20-22/h3-6,9,11H,1-2,7-8H2. The molecule has 1 amide bonds. The predicted molar refractivity (Wildman–Crippen MR) is 73.8 cm³/mol. The third kappa shape index (κ3) is 3.33. The Morgan fingerprint density at radius 1 is 1.22 bits per heavy atom. The zero-order valence-electron chi connectivity index (χ0n) is 12.1. The summed E-state index contributed by atoms with van der Waals surface area (Å²) in [6.07, 6.45) is -2.41. The molecule has 1 saturated heterocycles. The van der Waals surface area contributed by atoms with Crippen molar-refractivity contribution in [1.29, 1.82) is 0 Å². The van der Waals surface area contributed by atoms with Gasteiger partial charge in [0.25, 0.3) is 5.91 Å². The van der Waals surface area contributed by atoms with E-state index in [1.54, 1.807) is 24.3 Å². The lowest BCUT2D eigenvalue weighted by Gasteiger charge is -2.33. The van der Waals surface area contributed by atoms with Gasteiger partial charge in [0.2, 0.25) is 0 Å². The minimum Gasteiger partial charge on any atom is -0.338 e. The third-order valence-electron chi connectivity index (χ3n) is 3.90. The molecule has 0 spiro atoms. The molecule has 23 heavy (non-hydrogen) atoms. The molecule has 2 heterocycles. The number of benzene rings is 1. The Balaban J connectivity index is 1.72. The van der Waals surface area contributed by atoms with Crippen molar-refractivity contribution in [2.75, 3.05) is 13.1 Å². The number of alkyl halides is 3. The van der Waals surface area contributed by atoms with Crippen LogP contribution >= 0.6 is 0 Å². The Labute approximate surface area is 129 Å². The maximum atomic E-state index is 12.8. The molecule has 1 unspecified atom stereocenters. The van der Waals surface area contributed by atoms with Crippen molar-refractivity contribution in [2.24, 2.45) is 5.92 Å². The fourth-order valence-corrected chi connectivity index (χ4v) is 2.65. The van der Waals surface area contributed by atoms with Crippen LogP contribution in [0.1, 0.15) is 23.2 Å². The number of nitrogens with zero attached hydrogens (tertiary/aromatic N) is 5. The van der Waals surface area contributed by atoms with Crippen molar-refractivity contribution in [3.63, 3.8) is 0 Å². The van der Waals surface area contributed by atoms with Crippen molar-refractivity contribution in [3.05, 3.63) is 36.2 Å². The maximum Gasteiger partial charge on any atom is 0.393 e. The lowest BCUT2D eigenvalue weighted by molar-refractivity contribution is -0.184. The Morgan fingerprint density at radius 2 is 1.96 bits per heavy atom. The lowest BCUT2D eigenvalue weighted by Crippen LogP contribution is -2.44. The SMILES string of the molecule is O=C(c1ccc(-n2cnnn2)cc1)N1CCCC(C(F)(F)F)C1. The van der Waals surface area contributed by atoms with E-state index in [-0.39, 0.29) is 18.9 Å². The highest BCUT2D eigenvalue weighted by Gasteiger charge is 2.42. The number of hydrogen-bond acceptors (Lipinski definition) is 4. The van der Waals surface area contributed by atoms with Crippen LogP contribution in [0.2, 0.25) is 0 Å². The minimum atomic E-state index is -4.26. The second-order valence-corrected chi connectivity index (χ2v) is 5.43. The number of hydrogen-bond donors (Lipinski definition) is 0. The van der Waals surface area contributed by atoms with Gasteiger partial charge < -0.3 is 4.90 Å². The highest BCUT2D eigenvalue weighted by atomic mass is 19.4. The first-order chi connectivity index (χ1) is 10.9. The van der Waals surface area contributed by atoms with Gasteiger partial charge >= 0.3 is 6.18 Å². The molecule has 1 aromatic heterocycles. The molecule has 0 aliphatic carbocycles. The number of halogens is 3. The molecule has 0 radical (unpaired) electrons. The summed E-state index contributed by atoms with van der Waals surface area (Å²) >= 11 is 0. The summed E-state index contributed by atoms with van der Waals surface area (Å²) in [7, 11) is 0. The number of rotatable bonds is 2. The lowest BCUT2D eigenvalue weighted by atomic mass is 9.97. The molecule has 2 aromatic rings. The van der Waals surface area contributed by atoms with E-state index in [0.29, 0.717) is 24.2 Å². The van der Waals surface area contributed by atoms with Gasteiger partial charge in [-0.1, -0.05) is 0 Å². The van der Waals surface area contributed by atoms with Crippen molar-refractivity contribution >= 4 is 5.91 Å². The molecule has 0 saturated carbocycles. The molecule has 0 bridgehead atoms. The van der Waals surface area contributed by atoms with Gasteiger partial charge in [0.15, 0.2) is 0 Å². The summed E-state index contributed by atoms with van der Waals surface area (Å²) in [6.45, 7) is 0.0667. The Kier molecular flexibility index (Phi) is 4.01. The minimum absolute atomic E-state index is 0.0749. The Hall–Kier alpha value is -2.45. The number of tetrazole rings is 1. The van der Waals surface area contributed by atoms with Crippen LogP contribution in [0.15, 0.2) is 30.6 Å². The van der Waals surface area contributed by atoms with Gasteiger partial charge in [0, 0.05) is 18.7 Å². The molecule has 122 valence electrons. The van der Waals surface area contributed by atoms with Crippen molar-refractivity contribution in [3.8, 4) is 5.69 Å². The Bertz CT molecular complexity index is 669. The first-order valence-electron chi connectivity index (χ1n) is 7.14. The molecule has 1 aromatic carbocycles. The van der Waals surface area contributed by atoms with Gasteiger partial charge in [-0.25, -0.2) is 4.68 Å². The fraction of sp³-hybridized carbons (Fsp3) is 0.429. The molecule has 1 atom stereocenters. The molecule has 0 N–H and O–H groups in total. The average molecular weight is 325 g/mol. The number of aromatic nitrogens is 4. The fourth-order valence-electron chi connectivity index (χ4n) is 2.65. The van der Waals surface area contributed by atoms with Gasteiger partial charge in [-0.3, -0.25) is 4.79 Å². The molecule has 1 fully saturated rings. The number of carbonyl (C=O) groups is 1. The van der Waals surface area contributed by atoms with Crippen LogP contribution < -0.4 is 0 Å². The second kappa shape index (κ2) is 5.98. The maximum absolute atomic E-state index is 12.8. The van der Waals surface area contributed by atoms with Crippen LogP contribution in [0, 0.1) is 5.92 Å². The van der Waals surface area contributed by atoms with Gasteiger partial charge in [0.05, 0.1) is 11.6 Å². The van der Waals surface area contributed by atoms with E-state index in [1.165, 1.54) is 15.9 Å². The van der Waals surface area contributed by atoms with E-state index < -0.39 is 12.1 Å². The van der Waals surface area contributed by atoms with Crippen LogP contribution in [-0.4, -0.2) is 50.3 Å². The molecule has 9 heteroatoms. The van der Waals surface area contributed by atoms with Crippen LogP contribution in [0.25, 0.3) is 5.69 Å². The van der Waals surface area contributed by atoms with E-state index in [1.807, 2.05) is 0 Å². The first-order valence-corrected chi connectivity index (χ1v) is 7.14. The zero-order chi connectivity index (χ0) is 16.4. The summed E-state index contributed by atoms with van der Waals surface area (Å²) < 4.78 is 39.9. The van der Waals surface area contributed by atoms with Crippen molar-refractivity contribution in [2.45, 2.75) is 19.0 Å². The summed E-state index contributed by atoms with van der Waals surface area (Å²) in [4.78, 5) is 13.7. The molecule has 1 aliphatic rings. The van der Waals surface area contributed by atoms with Gasteiger partial charge in [-0.2, -0.15) is 13.2 Å². The number of amides is 1. The monoisotopic (exact) mass is 325 g/mol. The van der Waals surface area contributed by atoms with Gasteiger partial charge in [-0.15, -0.1) is 5.10 Å². The van der Waals surface area contributed by atoms with Gasteiger partial charge in [-0.05, 0) is 47.5 Å². The van der Waals surface area contributed by atoms with Crippen molar-refractivity contribution in [1.82, 2.24) is 25.1 Å². The molecular formula is C14H14F3N5O. The molecule has 6 nitrogen and oxygen atoms in total.